The Bertz CT molecular complexity index is 1550. The first-order chi connectivity index (χ1) is 17.8. The summed E-state index contributed by atoms with van der Waals surface area (Å²) in [6, 6.07) is 18.0. The maximum Gasteiger partial charge on any atom is 0.328 e. The molecule has 0 amide bonds. The summed E-state index contributed by atoms with van der Waals surface area (Å²) in [5.41, 5.74) is 1.95. The van der Waals surface area contributed by atoms with Crippen molar-refractivity contribution >= 4 is 38.4 Å². The van der Waals surface area contributed by atoms with Crippen LogP contribution < -0.4 is 4.74 Å². The van der Waals surface area contributed by atoms with Crippen LogP contribution in [0.2, 0.25) is 5.02 Å². The molecule has 1 aliphatic rings. The number of carbonyl (C=O) groups excluding carboxylic acids is 1. The van der Waals surface area contributed by atoms with E-state index in [2.05, 4.69) is 0 Å². The summed E-state index contributed by atoms with van der Waals surface area (Å²) >= 11 is 6.56. The summed E-state index contributed by atoms with van der Waals surface area (Å²) in [4.78, 5) is 15.5. The predicted octanol–water partition coefficient (Wildman–Crippen LogP) is 5.59. The molecule has 1 aromatic heterocycles. The van der Waals surface area contributed by atoms with Gasteiger partial charge in [0.15, 0.2) is 5.58 Å². The van der Waals surface area contributed by atoms with E-state index in [9.17, 15) is 13.2 Å². The van der Waals surface area contributed by atoms with E-state index in [1.165, 1.54) is 18.2 Å². The Morgan fingerprint density at radius 1 is 1.08 bits per heavy atom. The number of carbonyl (C=O) groups is 1. The van der Waals surface area contributed by atoms with E-state index in [0.717, 1.165) is 11.3 Å². The highest BCUT2D eigenvalue weighted by atomic mass is 35.5. The van der Waals surface area contributed by atoms with Crippen molar-refractivity contribution in [1.29, 1.82) is 0 Å². The number of sulfone groups is 1. The zero-order valence-electron chi connectivity index (χ0n) is 20.4. The van der Waals surface area contributed by atoms with Crippen molar-refractivity contribution in [3.05, 3.63) is 88.6 Å². The zero-order chi connectivity index (χ0) is 26.2. The van der Waals surface area contributed by atoms with Gasteiger partial charge in [-0.15, -0.1) is 0 Å². The van der Waals surface area contributed by atoms with Gasteiger partial charge in [0.05, 0.1) is 28.5 Å². The van der Waals surface area contributed by atoms with Crippen LogP contribution in [-0.4, -0.2) is 39.5 Å². The van der Waals surface area contributed by atoms with Gasteiger partial charge in [-0.1, -0.05) is 41.9 Å². The lowest BCUT2D eigenvalue weighted by Gasteiger charge is -2.33. The Morgan fingerprint density at radius 3 is 2.49 bits per heavy atom. The summed E-state index contributed by atoms with van der Waals surface area (Å²) in [5, 5.41) is 0.667. The van der Waals surface area contributed by atoms with E-state index in [1.54, 1.807) is 38.3 Å². The van der Waals surface area contributed by atoms with E-state index in [4.69, 9.17) is 25.5 Å². The van der Waals surface area contributed by atoms with Crippen molar-refractivity contribution in [3.63, 3.8) is 0 Å². The molecule has 0 saturated heterocycles. The Morgan fingerprint density at radius 2 is 1.81 bits per heavy atom. The number of methoxy groups -OCH3 is 1. The molecule has 0 saturated carbocycles. The first kappa shape index (κ1) is 25.3. The first-order valence-corrected chi connectivity index (χ1v) is 13.8. The van der Waals surface area contributed by atoms with Crippen molar-refractivity contribution in [2.24, 2.45) is 0 Å². The predicted molar refractivity (Wildman–Crippen MR) is 140 cm³/mol. The molecule has 1 unspecified atom stereocenters. The van der Waals surface area contributed by atoms with Crippen LogP contribution in [0.3, 0.4) is 0 Å². The van der Waals surface area contributed by atoms with Gasteiger partial charge in [0, 0.05) is 30.5 Å². The number of fused-ring (bicyclic) bond motifs is 3. The zero-order valence-corrected chi connectivity index (χ0v) is 22.0. The molecule has 0 fully saturated rings. The third-order valence-electron chi connectivity index (χ3n) is 6.52. The average Bonchev–Trinajstić information content (AvgIpc) is 3.29. The van der Waals surface area contributed by atoms with Crippen LogP contribution in [0.1, 0.15) is 29.9 Å². The van der Waals surface area contributed by atoms with Crippen LogP contribution in [0, 0.1) is 0 Å². The summed E-state index contributed by atoms with van der Waals surface area (Å²) < 4.78 is 43.6. The number of hydrogen-bond acceptors (Lipinski definition) is 7. The topological polar surface area (TPSA) is 86.0 Å². The molecule has 4 aromatic rings. The molecule has 0 aliphatic carbocycles. The quantitative estimate of drug-likeness (QED) is 0.283. The van der Waals surface area contributed by atoms with E-state index >= 15 is 0 Å². The molecule has 1 aliphatic heterocycles. The standard InChI is InChI=1S/C28H26ClNO6S/c1-3-35-28(31)26-25-22-15-21(37(32,33)20-7-5-4-6-8-20)16-23(29)27(22)36-24(25)13-14-30(26)17-18-9-11-19(34-2)12-10-18/h4-12,15-16,26H,3,13-14,17H2,1-2H3. The minimum absolute atomic E-state index is 0.0367. The second kappa shape index (κ2) is 10.2. The minimum atomic E-state index is -3.84. The summed E-state index contributed by atoms with van der Waals surface area (Å²) in [5.74, 6) is 0.927. The molecule has 0 radical (unpaired) electrons. The van der Waals surface area contributed by atoms with Gasteiger partial charge in [0.25, 0.3) is 0 Å². The SMILES string of the molecule is CCOC(=O)C1c2c(oc3c(Cl)cc(S(=O)(=O)c4ccccc4)cc23)CCN1Cc1ccc(OC)cc1. The van der Waals surface area contributed by atoms with Crippen molar-refractivity contribution < 1.29 is 27.1 Å². The molecule has 3 aromatic carbocycles. The van der Waals surface area contributed by atoms with Crippen LogP contribution in [0.4, 0.5) is 0 Å². The van der Waals surface area contributed by atoms with Crippen LogP contribution in [0.5, 0.6) is 5.75 Å². The van der Waals surface area contributed by atoms with Crippen LogP contribution >= 0.6 is 11.6 Å². The highest BCUT2D eigenvalue weighted by molar-refractivity contribution is 7.91. The monoisotopic (exact) mass is 539 g/mol. The molecule has 37 heavy (non-hydrogen) atoms. The second-order valence-electron chi connectivity index (χ2n) is 8.76. The van der Waals surface area contributed by atoms with Crippen molar-refractivity contribution in [2.45, 2.75) is 35.7 Å². The number of esters is 1. The molecule has 1 atom stereocenters. The smallest absolute Gasteiger partial charge is 0.328 e. The molecule has 192 valence electrons. The largest absolute Gasteiger partial charge is 0.497 e. The van der Waals surface area contributed by atoms with Gasteiger partial charge in [-0.05, 0) is 48.9 Å². The number of ether oxygens (including phenoxy) is 2. The molecule has 2 heterocycles. The van der Waals surface area contributed by atoms with Crippen LogP contribution in [0.25, 0.3) is 11.0 Å². The van der Waals surface area contributed by atoms with Gasteiger partial charge in [-0.3, -0.25) is 4.90 Å². The van der Waals surface area contributed by atoms with Gasteiger partial charge >= 0.3 is 5.97 Å². The van der Waals surface area contributed by atoms with Gasteiger partial charge in [0.1, 0.15) is 17.6 Å². The summed E-state index contributed by atoms with van der Waals surface area (Å²) in [6.07, 6.45) is 0.535. The number of benzene rings is 3. The molecule has 0 spiro atoms. The molecule has 9 heteroatoms. The summed E-state index contributed by atoms with van der Waals surface area (Å²) in [6.45, 7) is 3.00. The van der Waals surface area contributed by atoms with Gasteiger partial charge < -0.3 is 13.9 Å². The molecule has 7 nitrogen and oxygen atoms in total. The normalized spacial score (nSPS) is 15.9. The fourth-order valence-corrected chi connectivity index (χ4v) is 6.41. The second-order valence-corrected chi connectivity index (χ2v) is 11.1. The van der Waals surface area contributed by atoms with Crippen molar-refractivity contribution in [1.82, 2.24) is 4.90 Å². The molecule has 0 N–H and O–H groups in total. The lowest BCUT2D eigenvalue weighted by atomic mass is 9.95. The van der Waals surface area contributed by atoms with Crippen LogP contribution in [-0.2, 0) is 32.3 Å². The Balaban J connectivity index is 1.62. The lowest BCUT2D eigenvalue weighted by molar-refractivity contribution is -0.150. The molecule has 0 bridgehead atoms. The van der Waals surface area contributed by atoms with Crippen molar-refractivity contribution in [3.8, 4) is 5.75 Å². The Kier molecular flexibility index (Phi) is 6.98. The highest BCUT2D eigenvalue weighted by Crippen LogP contribution is 2.43. The number of furan rings is 1. The van der Waals surface area contributed by atoms with E-state index in [1.807, 2.05) is 29.2 Å². The highest BCUT2D eigenvalue weighted by Gasteiger charge is 2.39. The molecular weight excluding hydrogens is 514 g/mol. The van der Waals surface area contributed by atoms with E-state index in [0.29, 0.717) is 41.8 Å². The Labute approximate surface area is 220 Å². The molecule has 5 rings (SSSR count). The lowest BCUT2D eigenvalue weighted by Crippen LogP contribution is -2.39. The fraction of sp³-hybridized carbons (Fsp3) is 0.250. The maximum atomic E-state index is 13.4. The van der Waals surface area contributed by atoms with Gasteiger partial charge in [0.2, 0.25) is 9.84 Å². The summed E-state index contributed by atoms with van der Waals surface area (Å²) in [7, 11) is -2.23. The van der Waals surface area contributed by atoms with Crippen molar-refractivity contribution in [2.75, 3.05) is 20.3 Å². The third kappa shape index (κ3) is 4.72. The number of nitrogens with zero attached hydrogens (tertiary/aromatic N) is 1. The van der Waals surface area contributed by atoms with Gasteiger partial charge in [-0.25, -0.2) is 13.2 Å². The minimum Gasteiger partial charge on any atom is -0.497 e. The maximum absolute atomic E-state index is 13.4. The third-order valence-corrected chi connectivity index (χ3v) is 8.55. The molecular formula is C28H26ClNO6S. The van der Waals surface area contributed by atoms with Gasteiger partial charge in [-0.2, -0.15) is 0 Å². The number of halogens is 1. The Hall–Kier alpha value is -3.33. The van der Waals surface area contributed by atoms with Crippen LogP contribution in [0.15, 0.2) is 80.9 Å². The fourth-order valence-electron chi connectivity index (χ4n) is 4.76. The van der Waals surface area contributed by atoms with E-state index in [-0.39, 0.29) is 21.4 Å². The first-order valence-electron chi connectivity index (χ1n) is 11.9. The number of rotatable bonds is 7. The average molecular weight is 540 g/mol. The van der Waals surface area contributed by atoms with E-state index < -0.39 is 21.8 Å². The number of hydrogen-bond donors (Lipinski definition) is 0.